The minimum absolute atomic E-state index is 0.0207. The first kappa shape index (κ1) is 14.1. The van der Waals surface area contributed by atoms with Crippen molar-refractivity contribution in [1.29, 1.82) is 0 Å². The van der Waals surface area contributed by atoms with Gasteiger partial charge in [0.25, 0.3) is 0 Å². The van der Waals surface area contributed by atoms with E-state index in [-0.39, 0.29) is 5.54 Å². The summed E-state index contributed by atoms with van der Waals surface area (Å²) in [4.78, 5) is 0. The van der Waals surface area contributed by atoms with Crippen LogP contribution in [0.15, 0.2) is 24.3 Å². The van der Waals surface area contributed by atoms with Gasteiger partial charge in [-0.05, 0) is 48.8 Å². The van der Waals surface area contributed by atoms with E-state index in [1.54, 1.807) is 0 Å². The molecule has 110 valence electrons. The van der Waals surface area contributed by atoms with Gasteiger partial charge in [-0.1, -0.05) is 50.5 Å². The Morgan fingerprint density at radius 1 is 1.25 bits per heavy atom. The maximum Gasteiger partial charge on any atom is 0.0561 e. The fourth-order valence-electron chi connectivity index (χ4n) is 3.88. The highest BCUT2D eigenvalue weighted by Crippen LogP contribution is 2.41. The molecule has 0 aromatic heterocycles. The molecule has 0 aliphatic heterocycles. The average molecular weight is 272 g/mol. The molecule has 2 unspecified atom stereocenters. The summed E-state index contributed by atoms with van der Waals surface area (Å²) in [5.41, 5.74) is 9.17. The van der Waals surface area contributed by atoms with Crippen LogP contribution in [0.4, 0.5) is 0 Å². The lowest BCUT2D eigenvalue weighted by atomic mass is 9.72. The molecule has 3 rings (SSSR count). The molecule has 20 heavy (non-hydrogen) atoms. The Kier molecular flexibility index (Phi) is 4.13. The second-order valence-electron chi connectivity index (χ2n) is 6.83. The standard InChI is InChI=1S/C18H28N2/c1-14-9-11-18(13-19,17-8-3-2-7-16(14)17)20-12-10-15-5-4-6-15/h2-3,7-8,14-15,20H,4-6,9-13,19H2,1H3. The van der Waals surface area contributed by atoms with Gasteiger partial charge in [-0.2, -0.15) is 0 Å². The highest BCUT2D eigenvalue weighted by Gasteiger charge is 2.37. The number of rotatable bonds is 5. The zero-order valence-corrected chi connectivity index (χ0v) is 12.7. The quantitative estimate of drug-likeness (QED) is 0.860. The largest absolute Gasteiger partial charge is 0.328 e. The number of hydrogen-bond donors (Lipinski definition) is 2. The first-order valence-corrected chi connectivity index (χ1v) is 8.30. The Morgan fingerprint density at radius 2 is 2.05 bits per heavy atom. The normalized spacial score (nSPS) is 29.8. The third-order valence-electron chi connectivity index (χ3n) is 5.60. The Bertz CT molecular complexity index is 452. The van der Waals surface area contributed by atoms with Crippen LogP contribution in [0.5, 0.6) is 0 Å². The van der Waals surface area contributed by atoms with Crippen molar-refractivity contribution in [1.82, 2.24) is 5.32 Å². The smallest absolute Gasteiger partial charge is 0.0561 e. The van der Waals surface area contributed by atoms with E-state index >= 15 is 0 Å². The summed E-state index contributed by atoms with van der Waals surface area (Å²) >= 11 is 0. The Labute approximate surface area is 123 Å². The van der Waals surface area contributed by atoms with Gasteiger partial charge in [0, 0.05) is 6.54 Å². The SMILES string of the molecule is CC1CCC(CN)(NCCC2CCC2)c2ccccc21. The minimum atomic E-state index is 0.0207. The van der Waals surface area contributed by atoms with Crippen LogP contribution in [-0.2, 0) is 5.54 Å². The van der Waals surface area contributed by atoms with Crippen molar-refractivity contribution in [2.24, 2.45) is 11.7 Å². The number of nitrogens with two attached hydrogens (primary N) is 1. The zero-order chi connectivity index (χ0) is 14.0. The number of hydrogen-bond acceptors (Lipinski definition) is 2. The molecule has 0 amide bonds. The fraction of sp³-hybridized carbons (Fsp3) is 0.667. The molecule has 0 spiro atoms. The molecule has 1 aromatic rings. The fourth-order valence-corrected chi connectivity index (χ4v) is 3.88. The predicted molar refractivity (Wildman–Crippen MR) is 84.8 cm³/mol. The molecule has 0 radical (unpaired) electrons. The third kappa shape index (κ3) is 2.51. The highest BCUT2D eigenvalue weighted by molar-refractivity contribution is 5.39. The molecule has 2 atom stereocenters. The minimum Gasteiger partial charge on any atom is -0.328 e. The molecule has 1 saturated carbocycles. The Hall–Kier alpha value is -0.860. The van der Waals surface area contributed by atoms with E-state index in [1.165, 1.54) is 49.7 Å². The van der Waals surface area contributed by atoms with Gasteiger partial charge in [0.2, 0.25) is 0 Å². The molecule has 2 nitrogen and oxygen atoms in total. The molecule has 2 aliphatic rings. The van der Waals surface area contributed by atoms with Gasteiger partial charge >= 0.3 is 0 Å². The van der Waals surface area contributed by atoms with Crippen molar-refractivity contribution >= 4 is 0 Å². The number of benzene rings is 1. The summed E-state index contributed by atoms with van der Waals surface area (Å²) in [6.45, 7) is 4.17. The Balaban J connectivity index is 1.75. The molecule has 0 saturated heterocycles. The summed E-state index contributed by atoms with van der Waals surface area (Å²) < 4.78 is 0. The van der Waals surface area contributed by atoms with Gasteiger partial charge in [-0.3, -0.25) is 0 Å². The van der Waals surface area contributed by atoms with Crippen molar-refractivity contribution in [2.75, 3.05) is 13.1 Å². The van der Waals surface area contributed by atoms with E-state index in [1.807, 2.05) is 0 Å². The highest BCUT2D eigenvalue weighted by atomic mass is 15.0. The van der Waals surface area contributed by atoms with Crippen molar-refractivity contribution in [2.45, 2.75) is 56.9 Å². The van der Waals surface area contributed by atoms with Gasteiger partial charge in [0.1, 0.15) is 0 Å². The number of fused-ring (bicyclic) bond motifs is 1. The van der Waals surface area contributed by atoms with Crippen LogP contribution in [-0.4, -0.2) is 13.1 Å². The van der Waals surface area contributed by atoms with E-state index in [4.69, 9.17) is 5.73 Å². The lowest BCUT2D eigenvalue weighted by Crippen LogP contribution is -2.51. The van der Waals surface area contributed by atoms with Gasteiger partial charge in [-0.15, -0.1) is 0 Å². The summed E-state index contributed by atoms with van der Waals surface area (Å²) in [7, 11) is 0. The van der Waals surface area contributed by atoms with Gasteiger partial charge in [-0.25, -0.2) is 0 Å². The maximum absolute atomic E-state index is 6.20. The number of nitrogens with one attached hydrogen (secondary N) is 1. The van der Waals surface area contributed by atoms with Crippen LogP contribution >= 0.6 is 0 Å². The van der Waals surface area contributed by atoms with Crippen LogP contribution in [0, 0.1) is 5.92 Å². The van der Waals surface area contributed by atoms with Gasteiger partial charge in [0.15, 0.2) is 0 Å². The molecular weight excluding hydrogens is 244 g/mol. The summed E-state index contributed by atoms with van der Waals surface area (Å²) in [5.74, 6) is 1.63. The lowest BCUT2D eigenvalue weighted by molar-refractivity contribution is 0.243. The summed E-state index contributed by atoms with van der Waals surface area (Å²) in [5, 5.41) is 3.84. The maximum atomic E-state index is 6.20. The third-order valence-corrected chi connectivity index (χ3v) is 5.60. The lowest BCUT2D eigenvalue weighted by Gasteiger charge is -2.42. The topological polar surface area (TPSA) is 38.0 Å². The average Bonchev–Trinajstić information content (AvgIpc) is 2.44. The van der Waals surface area contributed by atoms with Crippen molar-refractivity contribution < 1.29 is 0 Å². The molecule has 2 heteroatoms. The summed E-state index contributed by atoms with van der Waals surface area (Å²) in [6, 6.07) is 8.90. The molecule has 3 N–H and O–H groups in total. The van der Waals surface area contributed by atoms with E-state index < -0.39 is 0 Å². The first-order chi connectivity index (χ1) is 9.75. The molecule has 2 aliphatic carbocycles. The molecule has 0 bridgehead atoms. The monoisotopic (exact) mass is 272 g/mol. The molecule has 1 aromatic carbocycles. The van der Waals surface area contributed by atoms with E-state index in [0.29, 0.717) is 12.5 Å². The zero-order valence-electron chi connectivity index (χ0n) is 12.7. The van der Waals surface area contributed by atoms with Gasteiger partial charge < -0.3 is 11.1 Å². The van der Waals surface area contributed by atoms with E-state index in [2.05, 4.69) is 36.5 Å². The second kappa shape index (κ2) is 5.87. The first-order valence-electron chi connectivity index (χ1n) is 8.30. The van der Waals surface area contributed by atoms with E-state index in [9.17, 15) is 0 Å². The Morgan fingerprint density at radius 3 is 2.75 bits per heavy atom. The van der Waals surface area contributed by atoms with Crippen molar-refractivity contribution in [3.05, 3.63) is 35.4 Å². The van der Waals surface area contributed by atoms with Crippen LogP contribution in [0.3, 0.4) is 0 Å². The van der Waals surface area contributed by atoms with Crippen molar-refractivity contribution in [3.63, 3.8) is 0 Å². The molecule has 1 fully saturated rings. The molecule has 0 heterocycles. The predicted octanol–water partition coefficient (Wildman–Crippen LogP) is 3.52. The van der Waals surface area contributed by atoms with Crippen LogP contribution in [0.2, 0.25) is 0 Å². The van der Waals surface area contributed by atoms with Crippen LogP contribution in [0.1, 0.15) is 62.5 Å². The van der Waals surface area contributed by atoms with Crippen molar-refractivity contribution in [3.8, 4) is 0 Å². The van der Waals surface area contributed by atoms with Crippen LogP contribution < -0.4 is 11.1 Å². The summed E-state index contributed by atoms with van der Waals surface area (Å²) in [6.07, 6.45) is 8.04. The van der Waals surface area contributed by atoms with E-state index in [0.717, 1.165) is 12.5 Å². The van der Waals surface area contributed by atoms with Crippen LogP contribution in [0.25, 0.3) is 0 Å². The second-order valence-corrected chi connectivity index (χ2v) is 6.83. The molecular formula is C18H28N2. The van der Waals surface area contributed by atoms with Gasteiger partial charge in [0.05, 0.1) is 5.54 Å².